The highest BCUT2D eigenvalue weighted by Gasteiger charge is 2.29. The molecule has 1 aromatic heterocycles. The third-order valence-corrected chi connectivity index (χ3v) is 4.71. The van der Waals surface area contributed by atoms with Crippen LogP contribution in [-0.2, 0) is 4.74 Å². The molecular formula is C20H25N3O4. The number of para-hydroxylation sites is 1. The van der Waals surface area contributed by atoms with Gasteiger partial charge in [0.05, 0.1) is 30.7 Å². The molecule has 3 rings (SSSR count). The molecule has 7 heteroatoms. The average Bonchev–Trinajstić information content (AvgIpc) is 3.22. The number of amides is 2. The topological polar surface area (TPSA) is 83.8 Å². The average molecular weight is 371 g/mol. The Morgan fingerprint density at radius 2 is 1.81 bits per heavy atom. The van der Waals surface area contributed by atoms with Crippen molar-refractivity contribution in [2.75, 3.05) is 38.2 Å². The molecule has 1 saturated heterocycles. The summed E-state index contributed by atoms with van der Waals surface area (Å²) in [6, 6.07) is 10.1. The van der Waals surface area contributed by atoms with E-state index < -0.39 is 5.91 Å². The highest BCUT2D eigenvalue weighted by molar-refractivity contribution is 6.07. The lowest BCUT2D eigenvalue weighted by Crippen LogP contribution is -2.55. The van der Waals surface area contributed by atoms with E-state index in [0.29, 0.717) is 31.0 Å². The maximum Gasteiger partial charge on any atom is 0.291 e. The Morgan fingerprint density at radius 3 is 2.52 bits per heavy atom. The minimum atomic E-state index is -0.395. The van der Waals surface area contributed by atoms with Gasteiger partial charge in [-0.1, -0.05) is 12.1 Å². The molecule has 1 aliphatic rings. The molecule has 144 valence electrons. The SMILES string of the molecule is CC(C)(CNC(=O)c1ccccc1NC(=O)c1ccco1)N1CCOCC1. The van der Waals surface area contributed by atoms with Gasteiger partial charge in [-0.15, -0.1) is 0 Å². The van der Waals surface area contributed by atoms with Crippen molar-refractivity contribution in [1.82, 2.24) is 10.2 Å². The molecule has 2 heterocycles. The van der Waals surface area contributed by atoms with Gasteiger partial charge < -0.3 is 19.8 Å². The van der Waals surface area contributed by atoms with Crippen molar-refractivity contribution >= 4 is 17.5 Å². The van der Waals surface area contributed by atoms with Gasteiger partial charge in [0.15, 0.2) is 5.76 Å². The minimum absolute atomic E-state index is 0.189. The normalized spacial score (nSPS) is 15.3. The predicted molar refractivity (Wildman–Crippen MR) is 102 cm³/mol. The zero-order valence-electron chi connectivity index (χ0n) is 15.7. The third-order valence-electron chi connectivity index (χ3n) is 4.71. The van der Waals surface area contributed by atoms with E-state index in [-0.39, 0.29) is 17.2 Å². The monoisotopic (exact) mass is 371 g/mol. The zero-order valence-corrected chi connectivity index (χ0v) is 15.7. The number of nitrogens with one attached hydrogen (secondary N) is 2. The molecule has 27 heavy (non-hydrogen) atoms. The summed E-state index contributed by atoms with van der Waals surface area (Å²) >= 11 is 0. The Labute approximate surface area is 158 Å². The number of morpholine rings is 1. The van der Waals surface area contributed by atoms with E-state index in [1.54, 1.807) is 36.4 Å². The van der Waals surface area contributed by atoms with Gasteiger partial charge in [-0.3, -0.25) is 14.5 Å². The summed E-state index contributed by atoms with van der Waals surface area (Å²) in [5, 5.41) is 5.72. The molecule has 0 spiro atoms. The Balaban J connectivity index is 1.65. The fraction of sp³-hybridized carbons (Fsp3) is 0.400. The molecule has 0 aliphatic carbocycles. The summed E-state index contributed by atoms with van der Waals surface area (Å²) in [4.78, 5) is 27.3. The third kappa shape index (κ3) is 4.75. The Kier molecular flexibility index (Phi) is 5.93. The number of carbonyl (C=O) groups is 2. The molecule has 1 aromatic carbocycles. The molecule has 2 aromatic rings. The van der Waals surface area contributed by atoms with Gasteiger partial charge >= 0.3 is 0 Å². The highest BCUT2D eigenvalue weighted by atomic mass is 16.5. The molecule has 7 nitrogen and oxygen atoms in total. The van der Waals surface area contributed by atoms with Gasteiger partial charge in [-0.25, -0.2) is 0 Å². The van der Waals surface area contributed by atoms with Crippen molar-refractivity contribution in [3.8, 4) is 0 Å². The lowest BCUT2D eigenvalue weighted by Gasteiger charge is -2.40. The maximum atomic E-state index is 12.7. The Morgan fingerprint density at radius 1 is 1.07 bits per heavy atom. The number of nitrogens with zero attached hydrogens (tertiary/aromatic N) is 1. The molecule has 2 N–H and O–H groups in total. The number of furan rings is 1. The van der Waals surface area contributed by atoms with Crippen molar-refractivity contribution < 1.29 is 18.7 Å². The second kappa shape index (κ2) is 8.37. The van der Waals surface area contributed by atoms with Crippen LogP contribution in [0.5, 0.6) is 0 Å². The second-order valence-corrected chi connectivity index (χ2v) is 7.07. The van der Waals surface area contributed by atoms with Gasteiger partial charge in [0.25, 0.3) is 11.8 Å². The number of carbonyl (C=O) groups excluding carboxylic acids is 2. The van der Waals surface area contributed by atoms with E-state index >= 15 is 0 Å². The van der Waals surface area contributed by atoms with Crippen LogP contribution in [0.4, 0.5) is 5.69 Å². The second-order valence-electron chi connectivity index (χ2n) is 7.07. The first kappa shape index (κ1) is 19.1. The van der Waals surface area contributed by atoms with Crippen LogP contribution >= 0.6 is 0 Å². The van der Waals surface area contributed by atoms with Crippen LogP contribution in [0, 0.1) is 0 Å². The summed E-state index contributed by atoms with van der Waals surface area (Å²) in [7, 11) is 0. The van der Waals surface area contributed by atoms with Crippen LogP contribution in [0.2, 0.25) is 0 Å². The van der Waals surface area contributed by atoms with Gasteiger partial charge in [-0.05, 0) is 38.1 Å². The number of hydrogen-bond acceptors (Lipinski definition) is 5. The van der Waals surface area contributed by atoms with E-state index in [1.807, 2.05) is 0 Å². The minimum Gasteiger partial charge on any atom is -0.459 e. The van der Waals surface area contributed by atoms with E-state index in [4.69, 9.17) is 9.15 Å². The van der Waals surface area contributed by atoms with E-state index in [9.17, 15) is 9.59 Å². The molecule has 1 fully saturated rings. The van der Waals surface area contributed by atoms with Crippen molar-refractivity contribution in [2.45, 2.75) is 19.4 Å². The predicted octanol–water partition coefficient (Wildman–Crippen LogP) is 2.37. The summed E-state index contributed by atoms with van der Waals surface area (Å²) in [6.45, 7) is 7.80. The lowest BCUT2D eigenvalue weighted by atomic mass is 10.0. The molecule has 1 aliphatic heterocycles. The Bertz CT molecular complexity index is 780. The summed E-state index contributed by atoms with van der Waals surface area (Å²) in [5.74, 6) is -0.431. The number of benzene rings is 1. The van der Waals surface area contributed by atoms with E-state index in [2.05, 4.69) is 29.4 Å². The van der Waals surface area contributed by atoms with Crippen LogP contribution in [0.1, 0.15) is 34.8 Å². The van der Waals surface area contributed by atoms with Crippen molar-refractivity contribution in [3.05, 3.63) is 54.0 Å². The van der Waals surface area contributed by atoms with Gasteiger partial charge in [-0.2, -0.15) is 0 Å². The van der Waals surface area contributed by atoms with Crippen LogP contribution in [0.15, 0.2) is 47.1 Å². The van der Waals surface area contributed by atoms with Crippen LogP contribution in [0.3, 0.4) is 0 Å². The molecule has 0 saturated carbocycles. The largest absolute Gasteiger partial charge is 0.459 e. The molecule has 2 amide bonds. The fourth-order valence-corrected chi connectivity index (χ4v) is 3.05. The lowest BCUT2D eigenvalue weighted by molar-refractivity contribution is -0.00923. The molecule has 0 atom stereocenters. The van der Waals surface area contributed by atoms with Crippen molar-refractivity contribution in [1.29, 1.82) is 0 Å². The van der Waals surface area contributed by atoms with Gasteiger partial charge in [0.1, 0.15) is 0 Å². The van der Waals surface area contributed by atoms with Crippen LogP contribution in [-0.4, -0.2) is 55.1 Å². The maximum absolute atomic E-state index is 12.7. The van der Waals surface area contributed by atoms with E-state index in [1.165, 1.54) is 6.26 Å². The summed E-state index contributed by atoms with van der Waals surface area (Å²) in [6.07, 6.45) is 1.43. The molecular weight excluding hydrogens is 346 g/mol. The first-order chi connectivity index (χ1) is 13.0. The van der Waals surface area contributed by atoms with Gasteiger partial charge in [0.2, 0.25) is 0 Å². The highest BCUT2D eigenvalue weighted by Crippen LogP contribution is 2.18. The van der Waals surface area contributed by atoms with Crippen molar-refractivity contribution in [2.24, 2.45) is 0 Å². The van der Waals surface area contributed by atoms with E-state index in [0.717, 1.165) is 13.1 Å². The summed E-state index contributed by atoms with van der Waals surface area (Å²) < 4.78 is 10.5. The quantitative estimate of drug-likeness (QED) is 0.814. The molecule has 0 bridgehead atoms. The smallest absolute Gasteiger partial charge is 0.291 e. The Hall–Kier alpha value is -2.64. The molecule has 0 radical (unpaired) electrons. The number of anilines is 1. The first-order valence-electron chi connectivity index (χ1n) is 9.02. The van der Waals surface area contributed by atoms with Crippen LogP contribution in [0.25, 0.3) is 0 Å². The first-order valence-corrected chi connectivity index (χ1v) is 9.02. The fourth-order valence-electron chi connectivity index (χ4n) is 3.05. The number of rotatable bonds is 6. The summed E-state index contributed by atoms with van der Waals surface area (Å²) in [5.41, 5.74) is 0.668. The zero-order chi connectivity index (χ0) is 19.3. The van der Waals surface area contributed by atoms with Crippen LogP contribution < -0.4 is 10.6 Å². The van der Waals surface area contributed by atoms with Gasteiger partial charge in [0, 0.05) is 25.2 Å². The standard InChI is InChI=1S/C20H25N3O4/c1-20(2,23-9-12-26-13-10-23)14-21-18(24)15-6-3-4-7-16(15)22-19(25)17-8-5-11-27-17/h3-8,11H,9-10,12-14H2,1-2H3,(H,21,24)(H,22,25). The number of ether oxygens (including phenoxy) is 1. The number of hydrogen-bond donors (Lipinski definition) is 2. The molecule has 0 unspecified atom stereocenters. The van der Waals surface area contributed by atoms with Crippen molar-refractivity contribution in [3.63, 3.8) is 0 Å².